The molecule has 2 N–H and O–H groups in total. The van der Waals surface area contributed by atoms with Gasteiger partial charge in [-0.2, -0.15) is 5.26 Å². The van der Waals surface area contributed by atoms with Gasteiger partial charge in [-0.15, -0.1) is 0 Å². The lowest BCUT2D eigenvalue weighted by molar-refractivity contribution is -0.112. The molecule has 0 aliphatic rings. The highest BCUT2D eigenvalue weighted by atomic mass is 16.1. The van der Waals surface area contributed by atoms with Crippen molar-refractivity contribution in [2.45, 2.75) is 40.5 Å². The van der Waals surface area contributed by atoms with Crippen LogP contribution < -0.4 is 10.6 Å². The van der Waals surface area contributed by atoms with Crippen molar-refractivity contribution in [2.24, 2.45) is 0 Å². The minimum Gasteiger partial charge on any atom is -0.360 e. The molecule has 2 rings (SSSR count). The summed E-state index contributed by atoms with van der Waals surface area (Å²) in [6.07, 6.45) is 1.46. The summed E-state index contributed by atoms with van der Waals surface area (Å²) in [5.74, 6) is -0.144. The van der Waals surface area contributed by atoms with Crippen molar-refractivity contribution in [1.29, 1.82) is 5.26 Å². The number of carbonyl (C=O) groups is 1. The quantitative estimate of drug-likeness (QED) is 0.577. The molecule has 4 heteroatoms. The highest BCUT2D eigenvalue weighted by Crippen LogP contribution is 2.27. The Hall–Kier alpha value is -3.06. The molecule has 0 aromatic heterocycles. The van der Waals surface area contributed by atoms with Crippen molar-refractivity contribution in [2.75, 3.05) is 10.6 Å². The highest BCUT2D eigenvalue weighted by molar-refractivity contribution is 6.07. The molecule has 0 saturated heterocycles. The van der Waals surface area contributed by atoms with Crippen LogP contribution >= 0.6 is 0 Å². The molecule has 0 fully saturated rings. The molecule has 0 unspecified atom stereocenters. The van der Waals surface area contributed by atoms with E-state index in [0.29, 0.717) is 0 Å². The summed E-state index contributed by atoms with van der Waals surface area (Å²) >= 11 is 0. The van der Waals surface area contributed by atoms with Crippen molar-refractivity contribution >= 4 is 17.3 Å². The van der Waals surface area contributed by atoms with Crippen molar-refractivity contribution in [3.63, 3.8) is 0 Å². The number of nitriles is 1. The van der Waals surface area contributed by atoms with Gasteiger partial charge >= 0.3 is 0 Å². The maximum atomic E-state index is 12.6. The number of carbonyl (C=O) groups excluding carboxylic acids is 1. The lowest BCUT2D eigenvalue weighted by Gasteiger charge is -2.16. The lowest BCUT2D eigenvalue weighted by Crippen LogP contribution is -2.17. The Bertz CT molecular complexity index is 889. The molecular weight excluding hydrogens is 322 g/mol. The standard InChI is InChI=1S/C22H25N3O/c1-14(2)19-8-6-7-16(4)21(19)25-22(26)18(12-23)13-24-20-10-9-15(3)11-17(20)5/h6-11,13-14,24H,1-5H3,(H,25,26)/b18-13-. The summed E-state index contributed by atoms with van der Waals surface area (Å²) in [6.45, 7) is 10.1. The van der Waals surface area contributed by atoms with Gasteiger partial charge in [-0.1, -0.05) is 49.7 Å². The van der Waals surface area contributed by atoms with E-state index in [2.05, 4.69) is 24.5 Å². The normalized spacial score (nSPS) is 11.2. The first-order valence-corrected chi connectivity index (χ1v) is 8.68. The van der Waals surface area contributed by atoms with Crippen LogP contribution in [0, 0.1) is 32.1 Å². The number of aryl methyl sites for hydroxylation is 3. The number of para-hydroxylation sites is 1. The van der Waals surface area contributed by atoms with E-state index >= 15 is 0 Å². The summed E-state index contributed by atoms with van der Waals surface area (Å²) in [4.78, 5) is 12.6. The van der Waals surface area contributed by atoms with Crippen LogP contribution in [0.15, 0.2) is 48.2 Å². The SMILES string of the molecule is Cc1ccc(N/C=C(/C#N)C(=O)Nc2c(C)cccc2C(C)C)c(C)c1. The number of rotatable bonds is 5. The summed E-state index contributed by atoms with van der Waals surface area (Å²) in [5, 5.41) is 15.4. The second-order valence-electron chi connectivity index (χ2n) is 6.78. The third kappa shape index (κ3) is 4.52. The Morgan fingerprint density at radius 2 is 1.85 bits per heavy atom. The van der Waals surface area contributed by atoms with Crippen LogP contribution in [0.4, 0.5) is 11.4 Å². The van der Waals surface area contributed by atoms with Crippen LogP contribution in [0.3, 0.4) is 0 Å². The average Bonchev–Trinajstić information content (AvgIpc) is 2.58. The highest BCUT2D eigenvalue weighted by Gasteiger charge is 2.15. The largest absolute Gasteiger partial charge is 0.360 e. The van der Waals surface area contributed by atoms with Gasteiger partial charge in [0.05, 0.1) is 0 Å². The Balaban J connectivity index is 2.23. The zero-order valence-corrected chi connectivity index (χ0v) is 16.0. The van der Waals surface area contributed by atoms with Crippen molar-refractivity contribution in [3.8, 4) is 6.07 Å². The molecule has 2 aromatic carbocycles. The molecule has 0 radical (unpaired) electrons. The van der Waals surface area contributed by atoms with Gasteiger partial charge in [-0.05, 0) is 49.4 Å². The van der Waals surface area contributed by atoms with Gasteiger partial charge < -0.3 is 10.6 Å². The van der Waals surface area contributed by atoms with Crippen LogP contribution in [-0.2, 0) is 4.79 Å². The maximum absolute atomic E-state index is 12.6. The summed E-state index contributed by atoms with van der Waals surface area (Å²) < 4.78 is 0. The van der Waals surface area contributed by atoms with Gasteiger partial charge in [0.2, 0.25) is 0 Å². The molecule has 4 nitrogen and oxygen atoms in total. The minimum absolute atomic E-state index is 0.0305. The van der Waals surface area contributed by atoms with E-state index in [0.717, 1.165) is 33.6 Å². The lowest BCUT2D eigenvalue weighted by atomic mass is 9.98. The fourth-order valence-electron chi connectivity index (χ4n) is 2.80. The van der Waals surface area contributed by atoms with Crippen LogP contribution in [-0.4, -0.2) is 5.91 Å². The van der Waals surface area contributed by atoms with Gasteiger partial charge in [0.15, 0.2) is 0 Å². The molecule has 0 bridgehead atoms. The molecule has 1 amide bonds. The van der Waals surface area contributed by atoms with Crippen LogP contribution in [0.1, 0.15) is 42.0 Å². The van der Waals surface area contributed by atoms with Gasteiger partial charge in [-0.3, -0.25) is 4.79 Å². The second kappa shape index (κ2) is 8.35. The van der Waals surface area contributed by atoms with Crippen molar-refractivity contribution < 1.29 is 4.79 Å². The van der Waals surface area contributed by atoms with Crippen LogP contribution in [0.2, 0.25) is 0 Å². The summed E-state index contributed by atoms with van der Waals surface area (Å²) in [5.41, 5.74) is 5.93. The fraction of sp³-hybridized carbons (Fsp3) is 0.273. The first kappa shape index (κ1) is 19.3. The van der Waals surface area contributed by atoms with Crippen molar-refractivity contribution in [1.82, 2.24) is 0 Å². The molecular formula is C22H25N3O. The molecule has 0 spiro atoms. The topological polar surface area (TPSA) is 64.9 Å². The molecule has 0 heterocycles. The first-order chi connectivity index (χ1) is 12.3. The third-order valence-electron chi connectivity index (χ3n) is 4.28. The molecule has 0 saturated carbocycles. The molecule has 0 aliphatic carbocycles. The smallest absolute Gasteiger partial charge is 0.267 e. The Morgan fingerprint density at radius 1 is 1.12 bits per heavy atom. The van der Waals surface area contributed by atoms with Gasteiger partial charge in [0.25, 0.3) is 5.91 Å². The summed E-state index contributed by atoms with van der Waals surface area (Å²) in [7, 11) is 0. The van der Waals surface area contributed by atoms with E-state index in [1.807, 2.05) is 63.2 Å². The Kier molecular flexibility index (Phi) is 6.19. The number of nitrogens with zero attached hydrogens (tertiary/aromatic N) is 1. The van der Waals surface area contributed by atoms with E-state index in [9.17, 15) is 10.1 Å². The number of nitrogens with one attached hydrogen (secondary N) is 2. The van der Waals surface area contributed by atoms with Crippen LogP contribution in [0.5, 0.6) is 0 Å². The fourth-order valence-corrected chi connectivity index (χ4v) is 2.80. The second-order valence-corrected chi connectivity index (χ2v) is 6.78. The summed E-state index contributed by atoms with van der Waals surface area (Å²) in [6, 6.07) is 13.9. The minimum atomic E-state index is -0.416. The Labute approximate surface area is 155 Å². The van der Waals surface area contributed by atoms with Gasteiger partial charge in [0, 0.05) is 17.6 Å². The van der Waals surface area contributed by atoms with E-state index in [4.69, 9.17) is 0 Å². The predicted octanol–water partition coefficient (Wildman–Crippen LogP) is 5.19. The number of anilines is 2. The van der Waals surface area contributed by atoms with Crippen LogP contribution in [0.25, 0.3) is 0 Å². The number of hydrogen-bond donors (Lipinski definition) is 2. The zero-order valence-electron chi connectivity index (χ0n) is 16.0. The molecule has 26 heavy (non-hydrogen) atoms. The van der Waals surface area contributed by atoms with E-state index in [1.54, 1.807) is 0 Å². The number of amides is 1. The average molecular weight is 347 g/mol. The monoisotopic (exact) mass is 347 g/mol. The van der Waals surface area contributed by atoms with Gasteiger partial charge in [0.1, 0.15) is 11.6 Å². The van der Waals surface area contributed by atoms with E-state index < -0.39 is 5.91 Å². The Morgan fingerprint density at radius 3 is 2.46 bits per heavy atom. The first-order valence-electron chi connectivity index (χ1n) is 8.68. The molecule has 2 aromatic rings. The maximum Gasteiger partial charge on any atom is 0.267 e. The zero-order chi connectivity index (χ0) is 19.3. The number of benzene rings is 2. The molecule has 0 atom stereocenters. The third-order valence-corrected chi connectivity index (χ3v) is 4.28. The molecule has 0 aliphatic heterocycles. The predicted molar refractivity (Wildman–Crippen MR) is 107 cm³/mol. The number of hydrogen-bond acceptors (Lipinski definition) is 3. The van der Waals surface area contributed by atoms with Crippen molar-refractivity contribution in [3.05, 3.63) is 70.4 Å². The van der Waals surface area contributed by atoms with Gasteiger partial charge in [-0.25, -0.2) is 0 Å². The van der Waals surface area contributed by atoms with E-state index in [-0.39, 0.29) is 11.5 Å². The van der Waals surface area contributed by atoms with E-state index in [1.165, 1.54) is 6.20 Å². The molecule has 134 valence electrons.